The molecule has 1 aromatic heterocycles. The molecule has 0 fully saturated rings. The average Bonchev–Trinajstić information content (AvgIpc) is 2.64. The summed E-state index contributed by atoms with van der Waals surface area (Å²) in [5, 5.41) is 6.12. The first kappa shape index (κ1) is 12.2. The third-order valence-corrected chi connectivity index (χ3v) is 2.98. The van der Waals surface area contributed by atoms with Gasteiger partial charge in [-0.1, -0.05) is 6.92 Å². The third-order valence-electron chi connectivity index (χ3n) is 1.98. The molecule has 0 aliphatic heterocycles. The Morgan fingerprint density at radius 3 is 2.73 bits per heavy atom. The molecule has 3 nitrogen and oxygen atoms in total. The molecule has 1 heterocycles. The van der Waals surface area contributed by atoms with Crippen molar-refractivity contribution in [3.8, 4) is 0 Å². The summed E-state index contributed by atoms with van der Waals surface area (Å²) in [7, 11) is 0. The van der Waals surface area contributed by atoms with Gasteiger partial charge in [-0.3, -0.25) is 4.79 Å². The lowest BCUT2D eigenvalue weighted by Crippen LogP contribution is -2.31. The van der Waals surface area contributed by atoms with Crippen LogP contribution in [-0.4, -0.2) is 25.5 Å². The fraction of sp³-hybridized carbons (Fsp3) is 0.545. The summed E-state index contributed by atoms with van der Waals surface area (Å²) in [5.41, 5.74) is 0. The first-order valence-electron chi connectivity index (χ1n) is 5.29. The molecule has 0 unspecified atom stereocenters. The van der Waals surface area contributed by atoms with E-state index in [1.165, 1.54) is 16.2 Å². The van der Waals surface area contributed by atoms with Gasteiger partial charge < -0.3 is 10.6 Å². The Bertz CT molecular complexity index is 309. The second-order valence-electron chi connectivity index (χ2n) is 3.42. The molecule has 0 atom stereocenters. The van der Waals surface area contributed by atoms with E-state index in [4.69, 9.17) is 0 Å². The largest absolute Gasteiger partial charge is 0.350 e. The molecule has 1 amide bonds. The minimum absolute atomic E-state index is 0.0337. The summed E-state index contributed by atoms with van der Waals surface area (Å²) in [6.07, 6.45) is 1.12. The fourth-order valence-corrected chi connectivity index (χ4v) is 1.99. The van der Waals surface area contributed by atoms with Gasteiger partial charge in [0.2, 0.25) is 0 Å². The topological polar surface area (TPSA) is 41.1 Å². The van der Waals surface area contributed by atoms with Crippen molar-refractivity contribution in [2.75, 3.05) is 19.6 Å². The second kappa shape index (κ2) is 6.58. The minimum Gasteiger partial charge on any atom is -0.350 e. The van der Waals surface area contributed by atoms with Gasteiger partial charge in [0.25, 0.3) is 5.91 Å². The number of rotatable bonds is 6. The molecule has 15 heavy (non-hydrogen) atoms. The van der Waals surface area contributed by atoms with Gasteiger partial charge in [0, 0.05) is 18.0 Å². The van der Waals surface area contributed by atoms with Crippen molar-refractivity contribution in [1.82, 2.24) is 10.6 Å². The summed E-state index contributed by atoms with van der Waals surface area (Å²) in [6, 6.07) is 3.84. The van der Waals surface area contributed by atoms with Gasteiger partial charge in [-0.25, -0.2) is 0 Å². The Kier molecular flexibility index (Phi) is 5.36. The van der Waals surface area contributed by atoms with E-state index in [0.717, 1.165) is 24.4 Å². The summed E-state index contributed by atoms with van der Waals surface area (Å²) in [6.45, 7) is 6.66. The summed E-state index contributed by atoms with van der Waals surface area (Å²) in [4.78, 5) is 13.5. The summed E-state index contributed by atoms with van der Waals surface area (Å²) < 4.78 is 0. The van der Waals surface area contributed by atoms with E-state index in [9.17, 15) is 4.79 Å². The van der Waals surface area contributed by atoms with Crippen molar-refractivity contribution < 1.29 is 4.79 Å². The summed E-state index contributed by atoms with van der Waals surface area (Å²) in [5.74, 6) is 0.0337. The molecule has 0 aliphatic carbocycles. The Labute approximate surface area is 94.9 Å². The van der Waals surface area contributed by atoms with Crippen LogP contribution in [0.25, 0.3) is 0 Å². The second-order valence-corrected chi connectivity index (χ2v) is 4.70. The molecule has 0 bridgehead atoms. The quantitative estimate of drug-likeness (QED) is 0.726. The predicted molar refractivity (Wildman–Crippen MR) is 64.5 cm³/mol. The number of hydrogen-bond acceptors (Lipinski definition) is 3. The average molecular weight is 226 g/mol. The maximum absolute atomic E-state index is 11.6. The molecule has 0 saturated heterocycles. The molecule has 1 aromatic rings. The molecule has 0 radical (unpaired) electrons. The van der Waals surface area contributed by atoms with E-state index in [2.05, 4.69) is 17.6 Å². The highest BCUT2D eigenvalue weighted by atomic mass is 32.1. The van der Waals surface area contributed by atoms with Gasteiger partial charge in [0.1, 0.15) is 0 Å². The number of carbonyl (C=O) groups is 1. The van der Waals surface area contributed by atoms with Crippen LogP contribution in [0, 0.1) is 6.92 Å². The molecular weight excluding hydrogens is 208 g/mol. The number of nitrogens with one attached hydrogen (secondary N) is 2. The molecule has 4 heteroatoms. The van der Waals surface area contributed by atoms with Crippen LogP contribution >= 0.6 is 11.3 Å². The van der Waals surface area contributed by atoms with E-state index in [0.29, 0.717) is 6.54 Å². The van der Waals surface area contributed by atoms with Crippen LogP contribution in [0.1, 0.15) is 27.9 Å². The van der Waals surface area contributed by atoms with E-state index >= 15 is 0 Å². The minimum atomic E-state index is 0.0337. The van der Waals surface area contributed by atoms with Crippen molar-refractivity contribution >= 4 is 17.2 Å². The molecule has 0 saturated carbocycles. The smallest absolute Gasteiger partial charge is 0.261 e. The monoisotopic (exact) mass is 226 g/mol. The lowest BCUT2D eigenvalue weighted by molar-refractivity contribution is 0.0958. The van der Waals surface area contributed by atoms with Crippen LogP contribution in [0.2, 0.25) is 0 Å². The van der Waals surface area contributed by atoms with Crippen molar-refractivity contribution in [3.63, 3.8) is 0 Å². The van der Waals surface area contributed by atoms with Crippen molar-refractivity contribution in [2.24, 2.45) is 0 Å². The first-order chi connectivity index (χ1) is 7.24. The highest BCUT2D eigenvalue weighted by molar-refractivity contribution is 7.13. The van der Waals surface area contributed by atoms with Crippen LogP contribution in [0.4, 0.5) is 0 Å². The van der Waals surface area contributed by atoms with Crippen LogP contribution in [0.5, 0.6) is 0 Å². The van der Waals surface area contributed by atoms with Crippen molar-refractivity contribution in [1.29, 1.82) is 0 Å². The molecule has 0 aromatic carbocycles. The van der Waals surface area contributed by atoms with E-state index < -0.39 is 0 Å². The van der Waals surface area contributed by atoms with Gasteiger partial charge in [-0.2, -0.15) is 0 Å². The normalized spacial score (nSPS) is 10.3. The number of aryl methyl sites for hydroxylation is 1. The molecule has 84 valence electrons. The van der Waals surface area contributed by atoms with Gasteiger partial charge in [-0.15, -0.1) is 11.3 Å². The Hall–Kier alpha value is -0.870. The predicted octanol–water partition coefficient (Wildman–Crippen LogP) is 1.79. The van der Waals surface area contributed by atoms with Crippen molar-refractivity contribution in [3.05, 3.63) is 21.9 Å². The maximum Gasteiger partial charge on any atom is 0.261 e. The van der Waals surface area contributed by atoms with E-state index in [-0.39, 0.29) is 5.91 Å². The van der Waals surface area contributed by atoms with Crippen LogP contribution < -0.4 is 10.6 Å². The van der Waals surface area contributed by atoms with Gasteiger partial charge in [-0.05, 0) is 32.0 Å². The molecule has 0 spiro atoms. The van der Waals surface area contributed by atoms with Gasteiger partial charge in [0.05, 0.1) is 4.88 Å². The number of carbonyl (C=O) groups excluding carboxylic acids is 1. The SMILES string of the molecule is CCCNCCNC(=O)c1ccc(C)s1. The number of amides is 1. The number of thiophene rings is 1. The molecule has 2 N–H and O–H groups in total. The zero-order valence-corrected chi connectivity index (χ0v) is 10.1. The molecule has 0 aliphatic rings. The van der Waals surface area contributed by atoms with Crippen molar-refractivity contribution in [2.45, 2.75) is 20.3 Å². The third kappa shape index (κ3) is 4.44. The Balaban J connectivity index is 2.19. The van der Waals surface area contributed by atoms with Gasteiger partial charge in [0.15, 0.2) is 0 Å². The van der Waals surface area contributed by atoms with Crippen LogP contribution in [0.15, 0.2) is 12.1 Å². The number of hydrogen-bond donors (Lipinski definition) is 2. The Morgan fingerprint density at radius 2 is 2.13 bits per heavy atom. The lowest BCUT2D eigenvalue weighted by atomic mass is 10.4. The fourth-order valence-electron chi connectivity index (χ4n) is 1.21. The maximum atomic E-state index is 11.6. The highest BCUT2D eigenvalue weighted by Gasteiger charge is 2.05. The first-order valence-corrected chi connectivity index (χ1v) is 6.11. The van der Waals surface area contributed by atoms with E-state index in [1.54, 1.807) is 0 Å². The van der Waals surface area contributed by atoms with E-state index in [1.807, 2.05) is 19.1 Å². The Morgan fingerprint density at radius 1 is 1.33 bits per heavy atom. The lowest BCUT2D eigenvalue weighted by Gasteiger charge is -2.04. The van der Waals surface area contributed by atoms with Gasteiger partial charge >= 0.3 is 0 Å². The molecule has 1 rings (SSSR count). The highest BCUT2D eigenvalue weighted by Crippen LogP contribution is 2.14. The van der Waals surface area contributed by atoms with Crippen LogP contribution in [-0.2, 0) is 0 Å². The zero-order chi connectivity index (χ0) is 11.1. The zero-order valence-electron chi connectivity index (χ0n) is 9.30. The van der Waals surface area contributed by atoms with Crippen LogP contribution in [0.3, 0.4) is 0 Å². The standard InChI is InChI=1S/C11H18N2OS/c1-3-6-12-7-8-13-11(14)10-5-4-9(2)15-10/h4-5,12H,3,6-8H2,1-2H3,(H,13,14). The molecular formula is C11H18N2OS. The summed E-state index contributed by atoms with van der Waals surface area (Å²) >= 11 is 1.53.